The molecule has 0 aromatic heterocycles. The zero-order chi connectivity index (χ0) is 27.4. The van der Waals surface area contributed by atoms with Gasteiger partial charge in [-0.1, -0.05) is 41.6 Å². The van der Waals surface area contributed by atoms with Crippen LogP contribution in [0.25, 0.3) is 0 Å². The highest BCUT2D eigenvalue weighted by Crippen LogP contribution is 2.45. The fourth-order valence-corrected chi connectivity index (χ4v) is 6.24. The predicted molar refractivity (Wildman–Crippen MR) is 150 cm³/mol. The third-order valence-electron chi connectivity index (χ3n) is 7.47. The molecule has 0 aliphatic carbocycles. The van der Waals surface area contributed by atoms with Gasteiger partial charge < -0.3 is 19.4 Å². The molecule has 1 aromatic carbocycles. The molecule has 0 spiro atoms. The Bertz CT molecular complexity index is 1160. The van der Waals surface area contributed by atoms with Gasteiger partial charge in [-0.15, -0.1) is 0 Å². The van der Waals surface area contributed by atoms with E-state index in [2.05, 4.69) is 29.2 Å². The van der Waals surface area contributed by atoms with Crippen LogP contribution < -0.4 is 0 Å². The van der Waals surface area contributed by atoms with Crippen LogP contribution in [-0.4, -0.2) is 70.4 Å². The Balaban J connectivity index is 1.58. The second-order valence-electron chi connectivity index (χ2n) is 9.87. The fraction of sp³-hybridized carbons (Fsp3) is 0.517. The van der Waals surface area contributed by atoms with E-state index in [1.165, 1.54) is 11.8 Å². The number of nitrogens with zero attached hydrogens (tertiary/aromatic N) is 4. The summed E-state index contributed by atoms with van der Waals surface area (Å²) >= 11 is 1.49. The molecule has 9 heteroatoms. The summed E-state index contributed by atoms with van der Waals surface area (Å²) in [5.41, 5.74) is 4.34. The zero-order valence-electron chi connectivity index (χ0n) is 23.0. The Kier molecular flexibility index (Phi) is 8.97. The molecule has 0 N–H and O–H groups in total. The minimum Gasteiger partial charge on any atom is -0.466 e. The van der Waals surface area contributed by atoms with Crippen LogP contribution in [0, 0.1) is 12.8 Å². The summed E-state index contributed by atoms with van der Waals surface area (Å²) in [4.78, 5) is 49.8. The lowest BCUT2D eigenvalue weighted by molar-refractivity contribution is -0.151. The van der Waals surface area contributed by atoms with Crippen molar-refractivity contribution in [1.29, 1.82) is 0 Å². The van der Waals surface area contributed by atoms with Crippen LogP contribution >= 0.6 is 11.8 Å². The Hall–Kier alpha value is -3.07. The summed E-state index contributed by atoms with van der Waals surface area (Å²) in [6.45, 7) is 12.4. The van der Waals surface area contributed by atoms with Gasteiger partial charge in [0.05, 0.1) is 36.3 Å². The quantitative estimate of drug-likeness (QED) is 0.449. The van der Waals surface area contributed by atoms with Gasteiger partial charge in [0, 0.05) is 31.9 Å². The molecule has 204 valence electrons. The van der Waals surface area contributed by atoms with Crippen molar-refractivity contribution in [3.05, 3.63) is 57.8 Å². The number of likely N-dealkylation sites (tertiary alicyclic amines) is 1. The second-order valence-corrected chi connectivity index (χ2v) is 10.7. The van der Waals surface area contributed by atoms with Crippen LogP contribution in [0.3, 0.4) is 0 Å². The van der Waals surface area contributed by atoms with E-state index in [1.54, 1.807) is 0 Å². The smallest absolute Gasteiger partial charge is 0.309 e. The molecule has 8 nitrogen and oxygen atoms in total. The van der Waals surface area contributed by atoms with Crippen molar-refractivity contribution in [3.63, 3.8) is 0 Å². The van der Waals surface area contributed by atoms with Gasteiger partial charge in [-0.2, -0.15) is 0 Å². The normalized spacial score (nSPS) is 19.7. The molecule has 4 rings (SSSR count). The average molecular weight is 539 g/mol. The van der Waals surface area contributed by atoms with Crippen LogP contribution in [0.5, 0.6) is 0 Å². The number of likely N-dealkylation sites (N-methyl/N-ethyl adjacent to an activating group) is 1. The number of benzene rings is 1. The standard InChI is InChI=1S/C29H38N4O4S/c1-6-31(7-2)27(35)25-20(5)30-29-33(26(25)21-11-9-19(4)10-12-21)23(18-38-29)17-24(34)32-15-13-22(14-16-32)28(36)37-8-3/h9-12,18,22,26H,6-8,13-17H2,1-5H3. The zero-order valence-corrected chi connectivity index (χ0v) is 23.8. The molecule has 0 bridgehead atoms. The minimum atomic E-state index is -0.361. The first-order valence-electron chi connectivity index (χ1n) is 13.5. The lowest BCUT2D eigenvalue weighted by Crippen LogP contribution is -2.43. The molecule has 0 radical (unpaired) electrons. The van der Waals surface area contributed by atoms with Gasteiger partial charge in [0.2, 0.25) is 5.91 Å². The number of esters is 1. The highest BCUT2D eigenvalue weighted by Gasteiger charge is 2.42. The number of thioether (sulfide) groups is 1. The van der Waals surface area contributed by atoms with E-state index in [4.69, 9.17) is 9.73 Å². The molecule has 1 aromatic rings. The third-order valence-corrected chi connectivity index (χ3v) is 8.36. The van der Waals surface area contributed by atoms with Gasteiger partial charge in [-0.05, 0) is 58.4 Å². The predicted octanol–water partition coefficient (Wildman–Crippen LogP) is 4.63. The first kappa shape index (κ1) is 28.0. The van der Waals surface area contributed by atoms with Crippen molar-refractivity contribution in [2.45, 2.75) is 59.9 Å². The average Bonchev–Trinajstić information content (AvgIpc) is 3.30. The summed E-state index contributed by atoms with van der Waals surface area (Å²) in [6, 6.07) is 7.88. The summed E-state index contributed by atoms with van der Waals surface area (Å²) < 4.78 is 5.17. The monoisotopic (exact) mass is 538 g/mol. The lowest BCUT2D eigenvalue weighted by Gasteiger charge is -2.38. The van der Waals surface area contributed by atoms with Crippen molar-refractivity contribution in [1.82, 2.24) is 14.7 Å². The number of allylic oxidation sites excluding steroid dienone is 1. The van der Waals surface area contributed by atoms with Crippen LogP contribution in [0.4, 0.5) is 0 Å². The van der Waals surface area contributed by atoms with Gasteiger partial charge >= 0.3 is 5.97 Å². The van der Waals surface area contributed by atoms with Crippen molar-refractivity contribution >= 4 is 34.7 Å². The molecule has 3 heterocycles. The lowest BCUT2D eigenvalue weighted by atomic mass is 9.92. The molecule has 2 amide bonds. The van der Waals surface area contributed by atoms with Crippen LogP contribution in [0.1, 0.15) is 64.1 Å². The Morgan fingerprint density at radius 3 is 2.32 bits per heavy atom. The molecule has 1 saturated heterocycles. The maximum Gasteiger partial charge on any atom is 0.309 e. The number of fused-ring (bicyclic) bond motifs is 1. The molecule has 38 heavy (non-hydrogen) atoms. The van der Waals surface area contributed by atoms with E-state index in [-0.39, 0.29) is 36.2 Å². The second kappa shape index (κ2) is 12.2. The van der Waals surface area contributed by atoms with Gasteiger partial charge in [0.15, 0.2) is 5.17 Å². The maximum atomic E-state index is 13.8. The third kappa shape index (κ3) is 5.67. The van der Waals surface area contributed by atoms with Crippen LogP contribution in [-0.2, 0) is 19.1 Å². The number of carbonyl (C=O) groups excluding carboxylic acids is 3. The molecule has 3 aliphatic heterocycles. The number of aryl methyl sites for hydroxylation is 1. The summed E-state index contributed by atoms with van der Waals surface area (Å²) in [6.07, 6.45) is 1.45. The number of amides is 2. The van der Waals surface area contributed by atoms with Gasteiger partial charge in [0.25, 0.3) is 5.91 Å². The highest BCUT2D eigenvalue weighted by molar-refractivity contribution is 8.16. The Morgan fingerprint density at radius 1 is 1.05 bits per heavy atom. The number of rotatable bonds is 8. The Labute approximate surface area is 229 Å². The van der Waals surface area contributed by atoms with E-state index >= 15 is 0 Å². The van der Waals surface area contributed by atoms with Crippen LogP contribution in [0.15, 0.2) is 51.6 Å². The van der Waals surface area contributed by atoms with E-state index in [1.807, 2.05) is 49.8 Å². The summed E-state index contributed by atoms with van der Waals surface area (Å²) in [5.74, 6) is -0.318. The number of aliphatic imine (C=N–C) groups is 1. The highest BCUT2D eigenvalue weighted by atomic mass is 32.2. The molecule has 0 saturated carbocycles. The van der Waals surface area contributed by atoms with Gasteiger partial charge in [0.1, 0.15) is 0 Å². The van der Waals surface area contributed by atoms with Gasteiger partial charge in [-0.3, -0.25) is 14.4 Å². The van der Waals surface area contributed by atoms with Crippen LogP contribution in [0.2, 0.25) is 0 Å². The van der Waals surface area contributed by atoms with E-state index in [9.17, 15) is 14.4 Å². The van der Waals surface area contributed by atoms with Crippen molar-refractivity contribution < 1.29 is 19.1 Å². The van der Waals surface area contributed by atoms with Gasteiger partial charge in [-0.25, -0.2) is 4.99 Å². The van der Waals surface area contributed by atoms with Crippen molar-refractivity contribution in [3.8, 4) is 0 Å². The largest absolute Gasteiger partial charge is 0.466 e. The topological polar surface area (TPSA) is 82.5 Å². The summed E-state index contributed by atoms with van der Waals surface area (Å²) in [7, 11) is 0. The van der Waals surface area contributed by atoms with Crippen molar-refractivity contribution in [2.75, 3.05) is 32.8 Å². The molecular formula is C29H38N4O4S. The molecule has 3 aliphatic rings. The van der Waals surface area contributed by atoms with E-state index < -0.39 is 0 Å². The maximum absolute atomic E-state index is 13.8. The SMILES string of the molecule is CCOC(=O)C1CCN(C(=O)CC2=CSC3=NC(C)=C(C(=O)N(CC)CC)C(c4ccc(C)cc4)N23)CC1. The number of ether oxygens (including phenoxy) is 1. The number of hydrogen-bond acceptors (Lipinski definition) is 7. The van der Waals surface area contributed by atoms with Crippen molar-refractivity contribution in [2.24, 2.45) is 10.9 Å². The molecule has 1 atom stereocenters. The van der Waals surface area contributed by atoms with E-state index in [0.29, 0.717) is 56.9 Å². The van der Waals surface area contributed by atoms with E-state index in [0.717, 1.165) is 22.0 Å². The Morgan fingerprint density at radius 2 is 1.71 bits per heavy atom. The minimum absolute atomic E-state index is 0.0194. The molecule has 1 unspecified atom stereocenters. The first-order chi connectivity index (χ1) is 18.3. The number of carbonyl (C=O) groups is 3. The fourth-order valence-electron chi connectivity index (χ4n) is 5.28. The summed E-state index contributed by atoms with van der Waals surface area (Å²) in [5, 5.41) is 2.77. The number of piperidine rings is 1. The molecular weight excluding hydrogens is 500 g/mol. The first-order valence-corrected chi connectivity index (χ1v) is 14.4. The number of amidine groups is 1. The molecule has 1 fully saturated rings. The number of hydrogen-bond donors (Lipinski definition) is 0.